The number of carbonyl (C=O) groups excluding carboxylic acids is 2. The van der Waals surface area contributed by atoms with Crippen molar-refractivity contribution in [2.75, 3.05) is 0 Å². The molecular weight excluding hydrogens is 218 g/mol. The highest BCUT2D eigenvalue weighted by Gasteiger charge is 2.25. The standard InChI is InChI=1S/C12H17N3O2/c1-7(2)9-5-4-8(3)10(11(9)16)6-14-15-12(13)17/h4-7,9H,1-3H3,(H3,13,15,17)/b14-6+/t9-/m1/s1. The maximum absolute atomic E-state index is 12.1. The monoisotopic (exact) mass is 235 g/mol. The van der Waals surface area contributed by atoms with Crippen LogP contribution in [0.1, 0.15) is 20.8 Å². The van der Waals surface area contributed by atoms with Crippen molar-refractivity contribution in [2.24, 2.45) is 22.7 Å². The maximum Gasteiger partial charge on any atom is 0.332 e. The first-order valence-electron chi connectivity index (χ1n) is 5.45. The summed E-state index contributed by atoms with van der Waals surface area (Å²) in [5, 5.41) is 3.63. The number of urea groups is 1. The van der Waals surface area contributed by atoms with Gasteiger partial charge in [0.25, 0.3) is 0 Å². The molecule has 0 heterocycles. The number of amides is 2. The van der Waals surface area contributed by atoms with Gasteiger partial charge >= 0.3 is 6.03 Å². The van der Waals surface area contributed by atoms with Gasteiger partial charge in [0.15, 0.2) is 5.78 Å². The number of hydrogen-bond donors (Lipinski definition) is 2. The lowest BCUT2D eigenvalue weighted by molar-refractivity contribution is -0.118. The van der Waals surface area contributed by atoms with Crippen LogP contribution in [-0.2, 0) is 4.79 Å². The molecule has 0 unspecified atom stereocenters. The largest absolute Gasteiger partial charge is 0.350 e. The highest BCUT2D eigenvalue weighted by molar-refractivity contribution is 6.16. The van der Waals surface area contributed by atoms with Crippen molar-refractivity contribution in [3.05, 3.63) is 23.3 Å². The zero-order valence-electron chi connectivity index (χ0n) is 10.2. The van der Waals surface area contributed by atoms with Gasteiger partial charge in [-0.1, -0.05) is 26.0 Å². The molecule has 0 aromatic rings. The van der Waals surface area contributed by atoms with E-state index in [9.17, 15) is 9.59 Å². The van der Waals surface area contributed by atoms with Crippen LogP contribution in [-0.4, -0.2) is 18.0 Å². The zero-order chi connectivity index (χ0) is 13.0. The molecule has 1 atom stereocenters. The van der Waals surface area contributed by atoms with Gasteiger partial charge in [0.2, 0.25) is 0 Å². The summed E-state index contributed by atoms with van der Waals surface area (Å²) < 4.78 is 0. The van der Waals surface area contributed by atoms with Crippen molar-refractivity contribution in [2.45, 2.75) is 20.8 Å². The minimum atomic E-state index is -0.751. The molecule has 17 heavy (non-hydrogen) atoms. The van der Waals surface area contributed by atoms with Crippen LogP contribution in [0.25, 0.3) is 0 Å². The average molecular weight is 235 g/mol. The first-order chi connectivity index (χ1) is 7.93. The van der Waals surface area contributed by atoms with Gasteiger partial charge in [-0.25, -0.2) is 10.2 Å². The number of Topliss-reactive ketones (excluding diaryl/α,β-unsaturated/α-hetero) is 1. The lowest BCUT2D eigenvalue weighted by Crippen LogP contribution is -2.27. The summed E-state index contributed by atoms with van der Waals surface area (Å²) in [7, 11) is 0. The fraction of sp³-hybridized carbons (Fsp3) is 0.417. The quantitative estimate of drug-likeness (QED) is 0.572. The molecule has 0 aromatic heterocycles. The molecule has 3 N–H and O–H groups in total. The Labute approximate surface area is 100 Å². The van der Waals surface area contributed by atoms with Gasteiger partial charge in [0.1, 0.15) is 0 Å². The van der Waals surface area contributed by atoms with E-state index in [1.807, 2.05) is 32.9 Å². The number of primary amides is 1. The predicted molar refractivity (Wildman–Crippen MR) is 66.4 cm³/mol. The molecule has 1 aliphatic rings. The number of nitrogens with one attached hydrogen (secondary N) is 1. The van der Waals surface area contributed by atoms with E-state index in [0.29, 0.717) is 5.57 Å². The lowest BCUT2D eigenvalue weighted by Gasteiger charge is -2.20. The normalized spacial score (nSPS) is 20.5. The van der Waals surface area contributed by atoms with Crippen LogP contribution in [0.2, 0.25) is 0 Å². The SMILES string of the molecule is CC1=C(/C=N/NC(N)=O)C(=O)[C@@H](C(C)C)C=C1. The molecule has 1 rings (SSSR count). The minimum absolute atomic E-state index is 0.0232. The van der Waals surface area contributed by atoms with Gasteiger partial charge in [-0.15, -0.1) is 0 Å². The topological polar surface area (TPSA) is 84.5 Å². The number of carbonyl (C=O) groups is 2. The first kappa shape index (κ1) is 13.2. The Morgan fingerprint density at radius 2 is 2.24 bits per heavy atom. The summed E-state index contributed by atoms with van der Waals surface area (Å²) in [6, 6.07) is -0.751. The minimum Gasteiger partial charge on any atom is -0.350 e. The van der Waals surface area contributed by atoms with E-state index in [-0.39, 0.29) is 17.6 Å². The van der Waals surface area contributed by atoms with Crippen LogP contribution in [0.5, 0.6) is 0 Å². The van der Waals surface area contributed by atoms with E-state index in [1.165, 1.54) is 6.21 Å². The lowest BCUT2D eigenvalue weighted by atomic mass is 9.82. The van der Waals surface area contributed by atoms with Gasteiger partial charge in [0, 0.05) is 11.5 Å². The van der Waals surface area contributed by atoms with E-state index in [0.717, 1.165) is 5.57 Å². The Morgan fingerprint density at radius 3 is 2.76 bits per heavy atom. The van der Waals surface area contributed by atoms with Gasteiger partial charge in [-0.3, -0.25) is 4.79 Å². The molecule has 0 bridgehead atoms. The van der Waals surface area contributed by atoms with Crippen LogP contribution in [0.4, 0.5) is 4.79 Å². The highest BCUT2D eigenvalue weighted by atomic mass is 16.2. The number of nitrogens with zero attached hydrogens (tertiary/aromatic N) is 1. The van der Waals surface area contributed by atoms with E-state index < -0.39 is 6.03 Å². The van der Waals surface area contributed by atoms with Crippen molar-refractivity contribution in [3.63, 3.8) is 0 Å². The van der Waals surface area contributed by atoms with Crippen LogP contribution in [0.15, 0.2) is 28.4 Å². The van der Waals surface area contributed by atoms with Gasteiger partial charge < -0.3 is 5.73 Å². The highest BCUT2D eigenvalue weighted by Crippen LogP contribution is 2.24. The summed E-state index contributed by atoms with van der Waals surface area (Å²) in [5.41, 5.74) is 8.30. The first-order valence-corrected chi connectivity index (χ1v) is 5.45. The molecule has 92 valence electrons. The summed E-state index contributed by atoms with van der Waals surface area (Å²) in [4.78, 5) is 22.6. The summed E-state index contributed by atoms with van der Waals surface area (Å²) in [5.74, 6) is 0.128. The smallest absolute Gasteiger partial charge is 0.332 e. The van der Waals surface area contributed by atoms with Crippen molar-refractivity contribution in [1.82, 2.24) is 5.43 Å². The fourth-order valence-corrected chi connectivity index (χ4v) is 1.65. The predicted octanol–water partition coefficient (Wildman–Crippen LogP) is 1.37. The van der Waals surface area contributed by atoms with Crippen LogP contribution >= 0.6 is 0 Å². The molecule has 5 heteroatoms. The van der Waals surface area contributed by atoms with Gasteiger partial charge in [0.05, 0.1) is 6.21 Å². The Balaban J connectivity index is 2.88. The molecule has 0 saturated carbocycles. The average Bonchev–Trinajstić information content (AvgIpc) is 2.21. The molecular formula is C12H17N3O2. The van der Waals surface area contributed by atoms with Crippen molar-refractivity contribution in [3.8, 4) is 0 Å². The van der Waals surface area contributed by atoms with Gasteiger partial charge in [-0.2, -0.15) is 5.10 Å². The van der Waals surface area contributed by atoms with E-state index in [4.69, 9.17) is 5.73 Å². The van der Waals surface area contributed by atoms with Crippen molar-refractivity contribution in [1.29, 1.82) is 0 Å². The van der Waals surface area contributed by atoms with Crippen molar-refractivity contribution < 1.29 is 9.59 Å². The summed E-state index contributed by atoms with van der Waals surface area (Å²) in [6.07, 6.45) is 5.15. The number of allylic oxidation sites excluding steroid dienone is 4. The Kier molecular flexibility index (Phi) is 4.20. The van der Waals surface area contributed by atoms with Crippen LogP contribution in [0.3, 0.4) is 0 Å². The number of ketones is 1. The molecule has 0 fully saturated rings. The number of rotatable bonds is 3. The third-order valence-electron chi connectivity index (χ3n) is 2.63. The summed E-state index contributed by atoms with van der Waals surface area (Å²) >= 11 is 0. The zero-order valence-corrected chi connectivity index (χ0v) is 10.2. The second-order valence-electron chi connectivity index (χ2n) is 4.32. The molecule has 0 saturated heterocycles. The molecule has 5 nitrogen and oxygen atoms in total. The molecule has 1 aliphatic carbocycles. The molecule has 2 amide bonds. The van der Waals surface area contributed by atoms with Crippen molar-refractivity contribution >= 4 is 18.0 Å². The van der Waals surface area contributed by atoms with E-state index in [2.05, 4.69) is 10.5 Å². The van der Waals surface area contributed by atoms with Crippen LogP contribution in [0, 0.1) is 11.8 Å². The van der Waals surface area contributed by atoms with Crippen LogP contribution < -0.4 is 11.2 Å². The molecule has 0 spiro atoms. The number of nitrogens with two attached hydrogens (primary N) is 1. The molecule has 0 radical (unpaired) electrons. The third-order valence-corrected chi connectivity index (χ3v) is 2.63. The Hall–Kier alpha value is -1.91. The van der Waals surface area contributed by atoms with E-state index >= 15 is 0 Å². The Morgan fingerprint density at radius 1 is 1.59 bits per heavy atom. The van der Waals surface area contributed by atoms with Gasteiger partial charge in [-0.05, 0) is 18.4 Å². The number of hydrazone groups is 1. The maximum atomic E-state index is 12.1. The molecule has 0 aromatic carbocycles. The second-order valence-corrected chi connectivity index (χ2v) is 4.32. The fourth-order valence-electron chi connectivity index (χ4n) is 1.65. The summed E-state index contributed by atoms with van der Waals surface area (Å²) in [6.45, 7) is 5.81. The Bertz CT molecular complexity index is 419. The van der Waals surface area contributed by atoms with E-state index in [1.54, 1.807) is 0 Å². The molecule has 0 aliphatic heterocycles. The third kappa shape index (κ3) is 3.27. The number of hydrogen-bond acceptors (Lipinski definition) is 3. The second kappa shape index (κ2) is 5.43.